The van der Waals surface area contributed by atoms with Crippen molar-refractivity contribution in [1.82, 2.24) is 15.0 Å². The van der Waals surface area contributed by atoms with E-state index in [-0.39, 0.29) is 18.3 Å². The number of rotatable bonds is 4. The molecule has 0 bridgehead atoms. The minimum absolute atomic E-state index is 0.0655. The summed E-state index contributed by atoms with van der Waals surface area (Å²) in [5, 5.41) is 12.2. The number of halogens is 3. The van der Waals surface area contributed by atoms with E-state index in [0.717, 1.165) is 9.90 Å². The van der Waals surface area contributed by atoms with Crippen molar-refractivity contribution in [3.05, 3.63) is 24.5 Å². The van der Waals surface area contributed by atoms with E-state index in [9.17, 15) is 32.7 Å². The molecule has 4 rings (SSSR count). The molecule has 2 heterocycles. The van der Waals surface area contributed by atoms with Crippen LogP contribution in [-0.4, -0.2) is 68.2 Å². The number of thioether (sulfide) groups is 1. The number of carbonyl (C=O) groups excluding carboxylic acids is 2. The molecule has 5 atom stereocenters. The molecular formula is C17H16F3N3O5S. The summed E-state index contributed by atoms with van der Waals surface area (Å²) < 4.78 is 42.2. The number of ketones is 1. The summed E-state index contributed by atoms with van der Waals surface area (Å²) in [6.45, 7) is 0. The summed E-state index contributed by atoms with van der Waals surface area (Å²) in [4.78, 5) is 40.4. The number of esters is 1. The van der Waals surface area contributed by atoms with E-state index < -0.39 is 48.0 Å². The van der Waals surface area contributed by atoms with E-state index in [4.69, 9.17) is 0 Å². The first-order valence-electron chi connectivity index (χ1n) is 8.83. The van der Waals surface area contributed by atoms with Gasteiger partial charge in [-0.3, -0.25) is 9.78 Å². The normalized spacial score (nSPS) is 31.2. The van der Waals surface area contributed by atoms with Crippen molar-refractivity contribution in [3.8, 4) is 0 Å². The number of nitrogens with zero attached hydrogens (tertiary/aromatic N) is 3. The number of ether oxygens (including phenoxy) is 1. The van der Waals surface area contributed by atoms with Crippen molar-refractivity contribution in [3.63, 3.8) is 0 Å². The Kier molecular flexibility index (Phi) is 4.93. The maximum Gasteiger partial charge on any atom is 0.490 e. The Hall–Kier alpha value is -2.34. The highest BCUT2D eigenvalue weighted by Crippen LogP contribution is 2.53. The van der Waals surface area contributed by atoms with Gasteiger partial charge < -0.3 is 9.84 Å². The minimum Gasteiger partial charge on any atom is -0.464 e. The molecule has 12 heteroatoms. The predicted molar refractivity (Wildman–Crippen MR) is 91.4 cm³/mol. The van der Waals surface area contributed by atoms with Gasteiger partial charge in [0.15, 0.2) is 5.78 Å². The Bertz CT molecular complexity index is 839. The summed E-state index contributed by atoms with van der Waals surface area (Å²) in [6, 6.07) is 2.26. The number of carboxylic acid groups (broad SMARTS) is 1. The molecule has 1 aromatic heterocycles. The third-order valence-corrected chi connectivity index (χ3v) is 6.61. The first-order chi connectivity index (χ1) is 13.7. The van der Waals surface area contributed by atoms with Crippen LogP contribution in [0, 0.1) is 11.8 Å². The standard InChI is InChI=1S/C17H16F3N3O5S/c18-17(19,20)15(25)28-10-2-1-9-11-12(10)14(24)13(11)23(16(26)27)22(9)7-29-8-3-5-21-6-4-8/h3-6,9-13H,1-2,7H2,(H,26,27)/t9?,10?,11-,12+,13?/m0/s1. The van der Waals surface area contributed by atoms with E-state index in [1.54, 1.807) is 29.5 Å². The van der Waals surface area contributed by atoms with Gasteiger partial charge in [-0.25, -0.2) is 19.6 Å². The monoisotopic (exact) mass is 431 g/mol. The topological polar surface area (TPSA) is 100 Å². The van der Waals surface area contributed by atoms with Crippen LogP contribution in [0.1, 0.15) is 12.8 Å². The largest absolute Gasteiger partial charge is 0.490 e. The van der Waals surface area contributed by atoms with Gasteiger partial charge >= 0.3 is 18.2 Å². The zero-order valence-electron chi connectivity index (χ0n) is 14.8. The number of hydrazine groups is 1. The molecule has 8 nitrogen and oxygen atoms in total. The molecule has 156 valence electrons. The Morgan fingerprint density at radius 3 is 2.59 bits per heavy atom. The number of hydrogen-bond acceptors (Lipinski definition) is 7. The minimum atomic E-state index is -5.14. The number of carbonyl (C=O) groups is 3. The molecule has 0 radical (unpaired) electrons. The van der Waals surface area contributed by atoms with Crippen LogP contribution < -0.4 is 0 Å². The molecule has 3 fully saturated rings. The molecule has 1 aliphatic heterocycles. The lowest BCUT2D eigenvalue weighted by molar-refractivity contribution is -0.212. The van der Waals surface area contributed by atoms with Crippen LogP contribution in [0.25, 0.3) is 0 Å². The average molecular weight is 431 g/mol. The number of Topliss-reactive ketones (excluding diaryl/α,β-unsaturated/α-hetero) is 1. The van der Waals surface area contributed by atoms with Crippen LogP contribution in [0.5, 0.6) is 0 Å². The van der Waals surface area contributed by atoms with Gasteiger partial charge in [0.2, 0.25) is 0 Å². The smallest absolute Gasteiger partial charge is 0.464 e. The molecule has 0 aromatic carbocycles. The van der Waals surface area contributed by atoms with Gasteiger partial charge in [-0.15, -0.1) is 11.8 Å². The van der Waals surface area contributed by atoms with Gasteiger partial charge in [0.1, 0.15) is 12.1 Å². The fourth-order valence-corrected chi connectivity index (χ4v) is 5.40. The molecule has 1 amide bonds. The summed E-state index contributed by atoms with van der Waals surface area (Å²) >= 11 is 1.37. The lowest BCUT2D eigenvalue weighted by Crippen LogP contribution is -2.64. The van der Waals surface area contributed by atoms with Crippen LogP contribution in [0.15, 0.2) is 29.4 Å². The molecule has 0 spiro atoms. The highest BCUT2D eigenvalue weighted by molar-refractivity contribution is 7.99. The first kappa shape index (κ1) is 20.0. The molecule has 3 aliphatic rings. The molecular weight excluding hydrogens is 415 g/mol. The molecule has 2 aliphatic carbocycles. The summed E-state index contributed by atoms with van der Waals surface area (Å²) in [5.41, 5.74) is 0. The Labute approximate surface area is 167 Å². The predicted octanol–water partition coefficient (Wildman–Crippen LogP) is 2.16. The van der Waals surface area contributed by atoms with Crippen molar-refractivity contribution >= 4 is 29.6 Å². The van der Waals surface area contributed by atoms with Crippen LogP contribution in [0.3, 0.4) is 0 Å². The van der Waals surface area contributed by atoms with E-state index in [1.807, 2.05) is 0 Å². The molecule has 3 unspecified atom stereocenters. The van der Waals surface area contributed by atoms with E-state index in [1.165, 1.54) is 11.8 Å². The fourth-order valence-electron chi connectivity index (χ4n) is 4.49. The van der Waals surface area contributed by atoms with Gasteiger partial charge in [0.05, 0.1) is 11.8 Å². The van der Waals surface area contributed by atoms with Crippen molar-refractivity contribution < 1.29 is 37.4 Å². The fraction of sp³-hybridized carbons (Fsp3) is 0.529. The van der Waals surface area contributed by atoms with Gasteiger partial charge in [0, 0.05) is 29.2 Å². The second-order valence-corrected chi connectivity index (χ2v) is 8.08. The van der Waals surface area contributed by atoms with E-state index in [0.29, 0.717) is 6.42 Å². The van der Waals surface area contributed by atoms with Crippen LogP contribution in [0.4, 0.5) is 18.0 Å². The summed E-state index contributed by atoms with van der Waals surface area (Å²) in [5.74, 6) is -3.98. The van der Waals surface area contributed by atoms with Crippen LogP contribution >= 0.6 is 11.8 Å². The van der Waals surface area contributed by atoms with Gasteiger partial charge in [0.25, 0.3) is 0 Å². The lowest BCUT2D eigenvalue weighted by Gasteiger charge is -2.47. The van der Waals surface area contributed by atoms with Gasteiger partial charge in [-0.2, -0.15) is 13.2 Å². The number of hydrogen-bond donors (Lipinski definition) is 1. The highest BCUT2D eigenvalue weighted by atomic mass is 32.2. The molecule has 1 N–H and O–H groups in total. The summed E-state index contributed by atoms with van der Waals surface area (Å²) in [7, 11) is 0. The average Bonchev–Trinajstić information content (AvgIpc) is 2.98. The third-order valence-electron chi connectivity index (χ3n) is 5.61. The number of pyridine rings is 1. The van der Waals surface area contributed by atoms with Gasteiger partial charge in [-0.1, -0.05) is 0 Å². The zero-order chi connectivity index (χ0) is 20.9. The Morgan fingerprint density at radius 1 is 1.28 bits per heavy atom. The SMILES string of the molecule is O=C1C2[C@H]3C(CCC(OC(=O)C(F)(F)F)[C@@H]13)N(CSc1ccncc1)N2C(=O)O. The van der Waals surface area contributed by atoms with Crippen LogP contribution in [-0.2, 0) is 14.3 Å². The highest BCUT2D eigenvalue weighted by Gasteiger charge is 2.69. The quantitative estimate of drug-likeness (QED) is 0.572. The van der Waals surface area contributed by atoms with E-state index in [2.05, 4.69) is 9.72 Å². The molecule has 1 aromatic rings. The maximum atomic E-state index is 12.6. The lowest BCUT2D eigenvalue weighted by atomic mass is 9.59. The second kappa shape index (κ2) is 7.17. The second-order valence-electron chi connectivity index (χ2n) is 7.06. The van der Waals surface area contributed by atoms with E-state index >= 15 is 0 Å². The Morgan fingerprint density at radius 2 is 1.97 bits per heavy atom. The zero-order valence-corrected chi connectivity index (χ0v) is 15.6. The summed E-state index contributed by atoms with van der Waals surface area (Å²) in [6.07, 6.45) is -4.03. The first-order valence-corrected chi connectivity index (χ1v) is 9.81. The molecule has 1 saturated heterocycles. The Balaban J connectivity index is 1.52. The van der Waals surface area contributed by atoms with Crippen molar-refractivity contribution in [2.75, 3.05) is 5.88 Å². The van der Waals surface area contributed by atoms with Crippen molar-refractivity contribution in [2.45, 2.75) is 42.1 Å². The number of aromatic nitrogens is 1. The maximum absolute atomic E-state index is 12.6. The van der Waals surface area contributed by atoms with Gasteiger partial charge in [-0.05, 0) is 25.0 Å². The number of alkyl halides is 3. The van der Waals surface area contributed by atoms with Crippen molar-refractivity contribution in [1.29, 1.82) is 0 Å². The number of amides is 1. The molecule has 29 heavy (non-hydrogen) atoms. The third kappa shape index (κ3) is 3.33. The van der Waals surface area contributed by atoms with Crippen LogP contribution in [0.2, 0.25) is 0 Å². The van der Waals surface area contributed by atoms with Crippen molar-refractivity contribution in [2.24, 2.45) is 11.8 Å². The molecule has 2 saturated carbocycles.